The van der Waals surface area contributed by atoms with E-state index in [0.29, 0.717) is 65.2 Å². The number of hydrogen-bond donors (Lipinski definition) is 1. The van der Waals surface area contributed by atoms with Gasteiger partial charge in [-0.25, -0.2) is 4.79 Å². The average Bonchev–Trinajstić information content (AvgIpc) is 3.29. The molecule has 5 aliphatic carbocycles. The first-order valence-electron chi connectivity index (χ1n) is 18.7. The van der Waals surface area contributed by atoms with Crippen LogP contribution >= 0.6 is 0 Å². The summed E-state index contributed by atoms with van der Waals surface area (Å²) in [7, 11) is 0. The molecule has 0 amide bonds. The van der Waals surface area contributed by atoms with Gasteiger partial charge >= 0.3 is 5.97 Å². The van der Waals surface area contributed by atoms with Crippen molar-refractivity contribution >= 4 is 17.3 Å². The number of nitrogens with two attached hydrogens (primary N) is 1. The van der Waals surface area contributed by atoms with Crippen molar-refractivity contribution in [2.45, 2.75) is 133 Å². The van der Waals surface area contributed by atoms with Gasteiger partial charge < -0.3 is 10.5 Å². The SMILES string of the molecule is CC.CC(C)C1=C2C3CCC4C5(C)CC=C(c6ccc(C(=O)OC(C)(C)C)cc6)C(C)C5CCC4(C)C3CCC2(CCN)CC1=O. The van der Waals surface area contributed by atoms with Crippen LogP contribution in [0.4, 0.5) is 0 Å². The quantitative estimate of drug-likeness (QED) is 0.329. The second-order valence-corrected chi connectivity index (χ2v) is 17.2. The summed E-state index contributed by atoms with van der Waals surface area (Å²) in [5, 5.41) is 0. The zero-order chi connectivity index (χ0) is 33.8. The number of esters is 1. The van der Waals surface area contributed by atoms with E-state index in [0.717, 1.165) is 19.3 Å². The summed E-state index contributed by atoms with van der Waals surface area (Å²) in [5.41, 5.74) is 12.4. The maximum absolute atomic E-state index is 13.5. The Kier molecular flexibility index (Phi) is 9.68. The number of allylic oxidation sites excluding steroid dienone is 4. The van der Waals surface area contributed by atoms with Gasteiger partial charge in [-0.3, -0.25) is 4.79 Å². The van der Waals surface area contributed by atoms with Gasteiger partial charge in [-0.1, -0.05) is 72.2 Å². The predicted molar refractivity (Wildman–Crippen MR) is 190 cm³/mol. The van der Waals surface area contributed by atoms with Crippen LogP contribution < -0.4 is 5.73 Å². The smallest absolute Gasteiger partial charge is 0.338 e. The number of carbonyl (C=O) groups is 2. The fraction of sp³-hybridized carbons (Fsp3) is 0.714. The van der Waals surface area contributed by atoms with Gasteiger partial charge in [0, 0.05) is 11.8 Å². The first-order valence-corrected chi connectivity index (χ1v) is 18.7. The molecule has 5 aliphatic rings. The lowest BCUT2D eigenvalue weighted by Gasteiger charge is -2.66. The van der Waals surface area contributed by atoms with E-state index in [4.69, 9.17) is 10.5 Å². The molecule has 8 unspecified atom stereocenters. The molecule has 0 spiro atoms. The fourth-order valence-electron chi connectivity index (χ4n) is 11.8. The van der Waals surface area contributed by atoms with E-state index in [1.165, 1.54) is 48.8 Å². The lowest BCUT2D eigenvalue weighted by atomic mass is 9.38. The van der Waals surface area contributed by atoms with E-state index in [2.05, 4.69) is 52.8 Å². The highest BCUT2D eigenvalue weighted by molar-refractivity contribution is 6.00. The Morgan fingerprint density at radius 1 is 0.978 bits per heavy atom. The van der Waals surface area contributed by atoms with E-state index < -0.39 is 5.60 Å². The molecule has 2 N–H and O–H groups in total. The molecule has 1 aromatic rings. The second-order valence-electron chi connectivity index (χ2n) is 17.2. The third-order valence-corrected chi connectivity index (χ3v) is 13.4. The van der Waals surface area contributed by atoms with Crippen molar-refractivity contribution in [2.75, 3.05) is 6.54 Å². The van der Waals surface area contributed by atoms with Crippen LogP contribution in [0.5, 0.6) is 0 Å². The monoisotopic (exact) mass is 629 g/mol. The number of hydrogen-bond acceptors (Lipinski definition) is 4. The van der Waals surface area contributed by atoms with Crippen LogP contribution in [0.2, 0.25) is 0 Å². The summed E-state index contributed by atoms with van der Waals surface area (Å²) in [6.45, 7) is 22.6. The zero-order valence-electron chi connectivity index (χ0n) is 30.7. The Bertz CT molecular complexity index is 1380. The fourth-order valence-corrected chi connectivity index (χ4v) is 11.8. The normalized spacial score (nSPS) is 36.9. The molecule has 254 valence electrons. The van der Waals surface area contributed by atoms with Gasteiger partial charge in [0.05, 0.1) is 5.56 Å². The molecule has 0 saturated heterocycles. The van der Waals surface area contributed by atoms with Gasteiger partial charge in [-0.2, -0.15) is 0 Å². The molecule has 3 saturated carbocycles. The van der Waals surface area contributed by atoms with Crippen LogP contribution in [-0.4, -0.2) is 23.9 Å². The Labute approximate surface area is 280 Å². The van der Waals surface area contributed by atoms with Gasteiger partial charge in [0.2, 0.25) is 0 Å². The summed E-state index contributed by atoms with van der Waals surface area (Å²) in [6, 6.07) is 8.12. The first kappa shape index (κ1) is 35.1. The molecular weight excluding hydrogens is 566 g/mol. The van der Waals surface area contributed by atoms with Crippen LogP contribution in [0.15, 0.2) is 41.5 Å². The van der Waals surface area contributed by atoms with Crippen molar-refractivity contribution in [1.82, 2.24) is 0 Å². The Morgan fingerprint density at radius 2 is 1.63 bits per heavy atom. The maximum Gasteiger partial charge on any atom is 0.338 e. The van der Waals surface area contributed by atoms with Crippen LogP contribution in [0.25, 0.3) is 5.57 Å². The average molecular weight is 630 g/mol. The van der Waals surface area contributed by atoms with Crippen molar-refractivity contribution < 1.29 is 14.3 Å². The maximum atomic E-state index is 13.5. The number of ether oxygens (including phenoxy) is 1. The number of fused-ring (bicyclic) bond motifs is 7. The minimum absolute atomic E-state index is 0.0346. The third-order valence-electron chi connectivity index (χ3n) is 13.4. The van der Waals surface area contributed by atoms with Gasteiger partial charge in [0.1, 0.15) is 5.60 Å². The third kappa shape index (κ3) is 5.67. The van der Waals surface area contributed by atoms with Gasteiger partial charge in [-0.05, 0) is 154 Å². The zero-order valence-corrected chi connectivity index (χ0v) is 30.7. The lowest BCUT2D eigenvalue weighted by molar-refractivity contribution is -0.145. The molecule has 0 bridgehead atoms. The van der Waals surface area contributed by atoms with Crippen LogP contribution in [0.1, 0.15) is 143 Å². The summed E-state index contributed by atoms with van der Waals surface area (Å²) >= 11 is 0. The minimum Gasteiger partial charge on any atom is -0.456 e. The Morgan fingerprint density at radius 3 is 2.24 bits per heavy atom. The van der Waals surface area contributed by atoms with Crippen molar-refractivity contribution in [3.05, 3.63) is 52.6 Å². The predicted octanol–water partition coefficient (Wildman–Crippen LogP) is 10.2. The molecule has 6 rings (SSSR count). The van der Waals surface area contributed by atoms with Crippen molar-refractivity contribution in [3.8, 4) is 0 Å². The van der Waals surface area contributed by atoms with Gasteiger partial charge in [0.25, 0.3) is 0 Å². The molecule has 0 radical (unpaired) electrons. The van der Waals surface area contributed by atoms with E-state index in [9.17, 15) is 9.59 Å². The molecule has 4 nitrogen and oxygen atoms in total. The molecule has 0 heterocycles. The Balaban J connectivity index is 0.00000204. The summed E-state index contributed by atoms with van der Waals surface area (Å²) in [6.07, 6.45) is 12.8. The van der Waals surface area contributed by atoms with Crippen LogP contribution in [-0.2, 0) is 9.53 Å². The lowest BCUT2D eigenvalue weighted by Crippen LogP contribution is -2.59. The molecule has 0 aliphatic heterocycles. The van der Waals surface area contributed by atoms with E-state index in [-0.39, 0.29) is 16.8 Å². The molecule has 8 atom stereocenters. The summed E-state index contributed by atoms with van der Waals surface area (Å²) in [4.78, 5) is 26.1. The highest BCUT2D eigenvalue weighted by Crippen LogP contribution is 2.72. The number of ketones is 1. The van der Waals surface area contributed by atoms with E-state index in [1.807, 2.05) is 46.8 Å². The molecular formula is C42H63NO3. The molecule has 46 heavy (non-hydrogen) atoms. The molecule has 1 aromatic carbocycles. The van der Waals surface area contributed by atoms with Crippen molar-refractivity contribution in [1.29, 1.82) is 0 Å². The molecule has 4 heteroatoms. The largest absolute Gasteiger partial charge is 0.456 e. The second kappa shape index (κ2) is 12.7. The van der Waals surface area contributed by atoms with E-state index in [1.54, 1.807) is 5.57 Å². The van der Waals surface area contributed by atoms with Gasteiger partial charge in [0.15, 0.2) is 5.78 Å². The summed E-state index contributed by atoms with van der Waals surface area (Å²) in [5.74, 6) is 3.52. The number of carbonyl (C=O) groups excluding carboxylic acids is 2. The number of rotatable bonds is 5. The highest BCUT2D eigenvalue weighted by atomic mass is 16.6. The van der Waals surface area contributed by atoms with Gasteiger partial charge in [-0.15, -0.1) is 0 Å². The van der Waals surface area contributed by atoms with Crippen molar-refractivity contribution in [3.63, 3.8) is 0 Å². The van der Waals surface area contributed by atoms with Crippen LogP contribution in [0.3, 0.4) is 0 Å². The first-order chi connectivity index (χ1) is 21.6. The minimum atomic E-state index is -0.497. The standard InChI is InChI=1S/C40H57NO3.C2H6/c1-24(2)34-32(42)23-40(21-22-41)20-17-31-29(35(34)40)13-14-33-38(7)18-15-28(25(3)30(38)16-19-39(31,33)8)26-9-11-27(12-10-26)36(43)44-37(4,5)6;1-2/h9-12,15,24-25,29-31,33H,13-14,16-23,41H2,1-8H3;1-2H3. The van der Waals surface area contributed by atoms with Crippen LogP contribution in [0, 0.1) is 51.8 Å². The topological polar surface area (TPSA) is 69.4 Å². The Hall–Kier alpha value is -2.20. The number of Topliss-reactive ketones (excluding diaryl/α,β-unsaturated/α-hetero) is 1. The molecule has 0 aromatic heterocycles. The summed E-state index contributed by atoms with van der Waals surface area (Å²) < 4.78 is 5.60. The van der Waals surface area contributed by atoms with E-state index >= 15 is 0 Å². The highest BCUT2D eigenvalue weighted by Gasteiger charge is 2.64. The van der Waals surface area contributed by atoms with Crippen molar-refractivity contribution in [2.24, 2.45) is 57.5 Å². The number of benzene rings is 1. The molecule has 3 fully saturated rings.